The molecule has 0 aliphatic rings. The van der Waals surface area contributed by atoms with Crippen LogP contribution in [0.25, 0.3) is 0 Å². The minimum Gasteiger partial charge on any atom is -0.519 e. The van der Waals surface area contributed by atoms with Gasteiger partial charge in [-0.1, -0.05) is 54.6 Å². The Labute approximate surface area is 128 Å². The van der Waals surface area contributed by atoms with Crippen LogP contribution in [0.3, 0.4) is 0 Å². The van der Waals surface area contributed by atoms with E-state index in [1.54, 1.807) is 0 Å². The molecule has 0 heterocycles. The van der Waals surface area contributed by atoms with Crippen LogP contribution in [0.15, 0.2) is 0 Å². The van der Waals surface area contributed by atoms with Crippen LogP contribution < -0.4 is 4.98 Å². The first kappa shape index (κ1) is 19.9. The Hall–Kier alpha value is -0.136. The fourth-order valence-corrected chi connectivity index (χ4v) is 3.49. The van der Waals surface area contributed by atoms with Crippen LogP contribution in [0.1, 0.15) is 48.0 Å². The minimum atomic E-state index is -1.97. The molecule has 0 unspecified atom stereocenters. The smallest absolute Gasteiger partial charge is 0.293 e. The number of nitrogens with one attached hydrogen (secondary N) is 1. The van der Waals surface area contributed by atoms with E-state index < -0.39 is 16.6 Å². The summed E-state index contributed by atoms with van der Waals surface area (Å²) >= 11 is 0. The molecule has 0 rings (SSSR count). The highest BCUT2D eigenvalue weighted by Crippen LogP contribution is 2.37. The Morgan fingerprint density at radius 3 is 1.75 bits per heavy atom. The lowest BCUT2D eigenvalue weighted by Crippen LogP contribution is -2.52. The zero-order valence-electron chi connectivity index (χ0n) is 15.2. The van der Waals surface area contributed by atoms with Gasteiger partial charge in [-0.2, -0.15) is 0 Å². The van der Waals surface area contributed by atoms with E-state index in [-0.39, 0.29) is 16.0 Å². The third-order valence-electron chi connectivity index (χ3n) is 4.95. The average molecular weight is 318 g/mol. The molecule has 0 fully saturated rings. The first-order chi connectivity index (χ1) is 8.60. The van der Waals surface area contributed by atoms with Crippen molar-refractivity contribution in [3.05, 3.63) is 0 Å². The van der Waals surface area contributed by atoms with E-state index in [1.165, 1.54) is 0 Å². The summed E-state index contributed by atoms with van der Waals surface area (Å²) < 4.78 is 5.78. The normalized spacial score (nSPS) is 14.3. The molecule has 0 radical (unpaired) electrons. The largest absolute Gasteiger partial charge is 0.519 e. The highest BCUT2D eigenvalue weighted by atomic mass is 28.4. The number of carbonyl (C=O) groups is 1. The fraction of sp³-hybridized carbons (Fsp3) is 0.933. The topological polar surface area (TPSA) is 38.3 Å². The van der Waals surface area contributed by atoms with Crippen LogP contribution in [0, 0.1) is 0 Å². The second-order valence-electron chi connectivity index (χ2n) is 8.79. The van der Waals surface area contributed by atoms with Crippen molar-refractivity contribution in [3.63, 3.8) is 0 Å². The molecular weight excluding hydrogens is 282 g/mol. The van der Waals surface area contributed by atoms with Gasteiger partial charge in [0, 0.05) is 0 Å². The summed E-state index contributed by atoms with van der Waals surface area (Å²) in [5.41, 5.74) is 0. The van der Waals surface area contributed by atoms with Gasteiger partial charge in [0.05, 0.1) is 6.42 Å². The van der Waals surface area contributed by atoms with Crippen molar-refractivity contribution in [1.82, 2.24) is 4.98 Å². The average Bonchev–Trinajstić information content (AvgIpc) is 2.12. The van der Waals surface area contributed by atoms with E-state index in [2.05, 4.69) is 72.7 Å². The Balaban J connectivity index is 4.34. The lowest BCUT2D eigenvalue weighted by atomic mass is 10.2. The number of carbonyl (C=O) groups excluding carboxylic acids is 1. The maximum Gasteiger partial charge on any atom is 0.293 e. The molecule has 0 saturated heterocycles. The zero-order valence-corrected chi connectivity index (χ0v) is 17.2. The maximum atomic E-state index is 12.0. The molecule has 1 N–H and O–H groups in total. The predicted molar refractivity (Wildman–Crippen MR) is 93.1 cm³/mol. The molecule has 0 aliphatic carbocycles. The molecule has 0 amide bonds. The summed E-state index contributed by atoms with van der Waals surface area (Å²) in [7, 11) is -3.48. The fourth-order valence-electron chi connectivity index (χ4n) is 1.23. The Morgan fingerprint density at radius 2 is 1.40 bits per heavy atom. The SMILES string of the molecule is CC(C)(C)[Si](C)(C)NCCC(=O)O[Si](C)(C)C(C)(C)C. The molecule has 0 spiro atoms. The quantitative estimate of drug-likeness (QED) is 0.758. The van der Waals surface area contributed by atoms with Gasteiger partial charge in [0.25, 0.3) is 14.3 Å². The molecule has 0 aromatic rings. The molecule has 120 valence electrons. The molecule has 0 aromatic heterocycles. The van der Waals surface area contributed by atoms with Crippen molar-refractivity contribution in [3.8, 4) is 0 Å². The maximum absolute atomic E-state index is 12.0. The van der Waals surface area contributed by atoms with Gasteiger partial charge >= 0.3 is 0 Å². The molecule has 0 atom stereocenters. The van der Waals surface area contributed by atoms with Crippen molar-refractivity contribution in [2.75, 3.05) is 6.54 Å². The zero-order chi connectivity index (χ0) is 16.4. The standard InChI is InChI=1S/C15H35NO2Si2/c1-14(2,3)19(7,8)16-12-11-13(17)18-20(9,10)15(4,5)6/h16H,11-12H2,1-10H3. The second-order valence-corrected chi connectivity index (χ2v) is 18.6. The van der Waals surface area contributed by atoms with Crippen LogP contribution in [0.2, 0.25) is 36.3 Å². The van der Waals surface area contributed by atoms with Crippen LogP contribution in [-0.2, 0) is 9.22 Å². The highest BCUT2D eigenvalue weighted by molar-refractivity contribution is 6.77. The van der Waals surface area contributed by atoms with Gasteiger partial charge in [0.2, 0.25) is 0 Å². The van der Waals surface area contributed by atoms with Gasteiger partial charge in [-0.25, -0.2) is 0 Å². The summed E-state index contributed by atoms with van der Waals surface area (Å²) in [4.78, 5) is 15.6. The third kappa shape index (κ3) is 5.70. The first-order valence-electron chi connectivity index (χ1n) is 7.57. The Kier molecular flexibility index (Phi) is 6.28. The third-order valence-corrected chi connectivity index (χ3v) is 14.2. The van der Waals surface area contributed by atoms with Gasteiger partial charge in [0.15, 0.2) is 0 Å². The molecule has 0 bridgehead atoms. The minimum absolute atomic E-state index is 0.0530. The van der Waals surface area contributed by atoms with Gasteiger partial charge < -0.3 is 9.41 Å². The monoisotopic (exact) mass is 317 g/mol. The van der Waals surface area contributed by atoms with Crippen molar-refractivity contribution >= 4 is 22.5 Å². The van der Waals surface area contributed by atoms with Crippen molar-refractivity contribution in [2.45, 2.75) is 84.2 Å². The van der Waals surface area contributed by atoms with Gasteiger partial charge in [-0.15, -0.1) is 0 Å². The number of rotatable bonds is 5. The number of hydrogen-bond donors (Lipinski definition) is 1. The van der Waals surface area contributed by atoms with Crippen LogP contribution in [0.5, 0.6) is 0 Å². The number of hydrogen-bond acceptors (Lipinski definition) is 3. The van der Waals surface area contributed by atoms with Gasteiger partial charge in [0.1, 0.15) is 8.24 Å². The Bertz CT molecular complexity index is 339. The van der Waals surface area contributed by atoms with Crippen molar-refractivity contribution < 1.29 is 9.22 Å². The lowest BCUT2D eigenvalue weighted by molar-refractivity contribution is -0.135. The molecule has 3 nitrogen and oxygen atoms in total. The van der Waals surface area contributed by atoms with E-state index in [0.717, 1.165) is 6.54 Å². The summed E-state index contributed by atoms with van der Waals surface area (Å²) in [6, 6.07) is 0. The molecule has 0 aliphatic heterocycles. The van der Waals surface area contributed by atoms with Crippen LogP contribution >= 0.6 is 0 Å². The molecule has 20 heavy (non-hydrogen) atoms. The predicted octanol–water partition coefficient (Wildman–Crippen LogP) is 4.52. The van der Waals surface area contributed by atoms with E-state index in [9.17, 15) is 4.79 Å². The lowest BCUT2D eigenvalue weighted by Gasteiger charge is -2.38. The Morgan fingerprint density at radius 1 is 0.950 bits per heavy atom. The van der Waals surface area contributed by atoms with E-state index in [1.807, 2.05) is 0 Å². The van der Waals surface area contributed by atoms with E-state index in [0.29, 0.717) is 6.42 Å². The van der Waals surface area contributed by atoms with Gasteiger partial charge in [-0.3, -0.25) is 4.79 Å². The molecular formula is C15H35NO2Si2. The second kappa shape index (κ2) is 6.32. The summed E-state index contributed by atoms with van der Waals surface area (Å²) in [6.45, 7) is 22.8. The molecule has 0 aromatic carbocycles. The van der Waals surface area contributed by atoms with Gasteiger partial charge in [-0.05, 0) is 29.7 Å². The summed E-state index contributed by atoms with van der Waals surface area (Å²) in [5, 5.41) is 0.367. The molecule has 0 saturated carbocycles. The van der Waals surface area contributed by atoms with Crippen molar-refractivity contribution in [2.24, 2.45) is 0 Å². The summed E-state index contributed by atoms with van der Waals surface area (Å²) in [6.07, 6.45) is 0.471. The van der Waals surface area contributed by atoms with Crippen molar-refractivity contribution in [1.29, 1.82) is 0 Å². The van der Waals surface area contributed by atoms with E-state index >= 15 is 0 Å². The highest BCUT2D eigenvalue weighted by Gasteiger charge is 2.40. The van der Waals surface area contributed by atoms with Crippen LogP contribution in [0.4, 0.5) is 0 Å². The summed E-state index contributed by atoms with van der Waals surface area (Å²) in [5.74, 6) is -0.0530. The molecule has 5 heteroatoms. The van der Waals surface area contributed by atoms with E-state index in [4.69, 9.17) is 4.43 Å². The first-order valence-corrected chi connectivity index (χ1v) is 13.5. The van der Waals surface area contributed by atoms with Crippen LogP contribution in [-0.4, -0.2) is 29.1 Å².